The summed E-state index contributed by atoms with van der Waals surface area (Å²) in [4.78, 5) is 29.4. The Morgan fingerprint density at radius 3 is 2.29 bits per heavy atom. The first-order valence-electron chi connectivity index (χ1n) is 12.2. The third-order valence-corrected chi connectivity index (χ3v) is 7.55. The first kappa shape index (κ1) is 26.0. The maximum absolute atomic E-state index is 12.8. The van der Waals surface area contributed by atoms with E-state index < -0.39 is 0 Å². The molecule has 38 heavy (non-hydrogen) atoms. The highest BCUT2D eigenvalue weighted by atomic mass is 79.9. The molecule has 1 saturated heterocycles. The Morgan fingerprint density at radius 1 is 0.921 bits per heavy atom. The number of carbonyl (C=O) groups is 2. The highest BCUT2D eigenvalue weighted by Gasteiger charge is 2.22. The van der Waals surface area contributed by atoms with Crippen molar-refractivity contribution in [3.63, 3.8) is 0 Å². The molecule has 1 fully saturated rings. The standard InChI is InChI=1S/C28H26BrN5O3S/c1-19-2-4-21(5-3-19)27(36)34-16-14-33(15-17-34)24-12-10-23(11-13-24)30-25(35)18-38-28-32-31-26(37-28)20-6-8-22(29)9-7-20/h2-13H,14-18H2,1H3,(H,30,35). The van der Waals surface area contributed by atoms with Crippen LogP contribution in [0.15, 0.2) is 86.9 Å². The second kappa shape index (κ2) is 11.8. The maximum atomic E-state index is 12.8. The van der Waals surface area contributed by atoms with Crippen LogP contribution >= 0.6 is 27.7 Å². The van der Waals surface area contributed by atoms with Crippen molar-refractivity contribution in [2.24, 2.45) is 0 Å². The first-order valence-corrected chi connectivity index (χ1v) is 14.0. The first-order chi connectivity index (χ1) is 18.4. The molecule has 1 N–H and O–H groups in total. The molecule has 0 unspecified atom stereocenters. The molecule has 0 spiro atoms. The molecule has 1 aliphatic heterocycles. The van der Waals surface area contributed by atoms with Crippen LogP contribution in [0.2, 0.25) is 0 Å². The van der Waals surface area contributed by atoms with E-state index in [2.05, 4.69) is 36.3 Å². The number of nitrogens with zero attached hydrogens (tertiary/aromatic N) is 4. The lowest BCUT2D eigenvalue weighted by molar-refractivity contribution is -0.113. The molecule has 2 heterocycles. The molecule has 1 aliphatic rings. The Labute approximate surface area is 233 Å². The van der Waals surface area contributed by atoms with Gasteiger partial charge in [0.2, 0.25) is 11.8 Å². The van der Waals surface area contributed by atoms with Gasteiger partial charge in [0.25, 0.3) is 11.1 Å². The molecule has 1 aromatic heterocycles. The molecular formula is C28H26BrN5O3S. The summed E-state index contributed by atoms with van der Waals surface area (Å²) in [5.41, 5.74) is 4.46. The molecule has 3 aromatic carbocycles. The fourth-order valence-electron chi connectivity index (χ4n) is 4.10. The minimum Gasteiger partial charge on any atom is -0.411 e. The molecule has 2 amide bonds. The maximum Gasteiger partial charge on any atom is 0.277 e. The van der Waals surface area contributed by atoms with E-state index in [-0.39, 0.29) is 17.6 Å². The van der Waals surface area contributed by atoms with Crippen LogP contribution in [-0.2, 0) is 4.79 Å². The van der Waals surface area contributed by atoms with Gasteiger partial charge in [-0.2, -0.15) is 0 Å². The number of rotatable bonds is 7. The third-order valence-electron chi connectivity index (χ3n) is 6.21. The number of piperazine rings is 1. The fraction of sp³-hybridized carbons (Fsp3) is 0.214. The van der Waals surface area contributed by atoms with Gasteiger partial charge in [-0.25, -0.2) is 0 Å². The van der Waals surface area contributed by atoms with Gasteiger partial charge in [0.05, 0.1) is 5.75 Å². The average molecular weight is 593 g/mol. The van der Waals surface area contributed by atoms with Gasteiger partial charge in [-0.1, -0.05) is 45.4 Å². The van der Waals surface area contributed by atoms with E-state index in [1.165, 1.54) is 11.8 Å². The summed E-state index contributed by atoms with van der Waals surface area (Å²) in [7, 11) is 0. The minimum atomic E-state index is -0.158. The molecule has 0 bridgehead atoms. The van der Waals surface area contributed by atoms with Crippen molar-refractivity contribution in [1.29, 1.82) is 0 Å². The Bertz CT molecular complexity index is 1400. The Hall–Kier alpha value is -3.63. The van der Waals surface area contributed by atoms with Crippen molar-refractivity contribution in [2.75, 3.05) is 42.1 Å². The largest absolute Gasteiger partial charge is 0.411 e. The van der Waals surface area contributed by atoms with E-state index in [9.17, 15) is 9.59 Å². The van der Waals surface area contributed by atoms with Gasteiger partial charge in [-0.15, -0.1) is 10.2 Å². The summed E-state index contributed by atoms with van der Waals surface area (Å²) in [6.07, 6.45) is 0. The Kier molecular flexibility index (Phi) is 8.09. The Morgan fingerprint density at radius 2 is 1.61 bits per heavy atom. The van der Waals surface area contributed by atoms with Gasteiger partial charge >= 0.3 is 0 Å². The van der Waals surface area contributed by atoms with Crippen molar-refractivity contribution in [2.45, 2.75) is 12.1 Å². The molecular weight excluding hydrogens is 566 g/mol. The van der Waals surface area contributed by atoms with E-state index in [1.54, 1.807) is 0 Å². The third kappa shape index (κ3) is 6.43. The van der Waals surface area contributed by atoms with E-state index >= 15 is 0 Å². The fourth-order valence-corrected chi connectivity index (χ4v) is 4.93. The van der Waals surface area contributed by atoms with Crippen LogP contribution in [-0.4, -0.2) is 58.8 Å². The molecule has 4 aromatic rings. The zero-order chi connectivity index (χ0) is 26.5. The van der Waals surface area contributed by atoms with Gasteiger partial charge in [0.1, 0.15) is 0 Å². The van der Waals surface area contributed by atoms with Crippen LogP contribution in [0.1, 0.15) is 15.9 Å². The van der Waals surface area contributed by atoms with Crippen molar-refractivity contribution in [3.05, 3.63) is 88.4 Å². The number of hydrogen-bond acceptors (Lipinski definition) is 7. The van der Waals surface area contributed by atoms with Crippen LogP contribution in [0.5, 0.6) is 0 Å². The van der Waals surface area contributed by atoms with Gasteiger partial charge in [-0.3, -0.25) is 9.59 Å². The summed E-state index contributed by atoms with van der Waals surface area (Å²) in [6.45, 7) is 4.86. The number of halogens is 1. The van der Waals surface area contributed by atoms with Gasteiger partial charge in [0, 0.05) is 53.2 Å². The lowest BCUT2D eigenvalue weighted by Gasteiger charge is -2.36. The summed E-state index contributed by atoms with van der Waals surface area (Å²) >= 11 is 4.59. The van der Waals surface area contributed by atoms with Crippen LogP contribution in [0.4, 0.5) is 11.4 Å². The molecule has 0 radical (unpaired) electrons. The Balaban J connectivity index is 1.08. The van der Waals surface area contributed by atoms with E-state index in [4.69, 9.17) is 4.42 Å². The molecule has 194 valence electrons. The molecule has 8 nitrogen and oxygen atoms in total. The number of amides is 2. The summed E-state index contributed by atoms with van der Waals surface area (Å²) in [5, 5.41) is 11.3. The zero-order valence-electron chi connectivity index (χ0n) is 20.8. The monoisotopic (exact) mass is 591 g/mol. The zero-order valence-corrected chi connectivity index (χ0v) is 23.2. The van der Waals surface area contributed by atoms with Gasteiger partial charge < -0.3 is 19.5 Å². The second-order valence-electron chi connectivity index (χ2n) is 8.91. The molecule has 5 rings (SSSR count). The number of benzene rings is 3. The number of aromatic nitrogens is 2. The highest BCUT2D eigenvalue weighted by Crippen LogP contribution is 2.25. The van der Waals surface area contributed by atoms with Crippen LogP contribution < -0.4 is 10.2 Å². The SMILES string of the molecule is Cc1ccc(C(=O)N2CCN(c3ccc(NC(=O)CSc4nnc(-c5ccc(Br)cc5)o4)cc3)CC2)cc1. The smallest absolute Gasteiger partial charge is 0.277 e. The molecule has 10 heteroatoms. The number of thioether (sulfide) groups is 1. The molecule has 0 saturated carbocycles. The predicted octanol–water partition coefficient (Wildman–Crippen LogP) is 5.50. The topological polar surface area (TPSA) is 91.6 Å². The lowest BCUT2D eigenvalue weighted by Crippen LogP contribution is -2.48. The van der Waals surface area contributed by atoms with Gasteiger partial charge in [0.15, 0.2) is 0 Å². The number of nitrogens with one attached hydrogen (secondary N) is 1. The average Bonchev–Trinajstić information content (AvgIpc) is 3.42. The molecule has 0 atom stereocenters. The number of aryl methyl sites for hydroxylation is 1. The van der Waals surface area contributed by atoms with Crippen LogP contribution in [0, 0.1) is 6.92 Å². The summed E-state index contributed by atoms with van der Waals surface area (Å²) in [5.74, 6) is 0.483. The lowest BCUT2D eigenvalue weighted by atomic mass is 10.1. The van der Waals surface area contributed by atoms with E-state index in [0.717, 1.165) is 39.9 Å². The van der Waals surface area contributed by atoms with Crippen molar-refractivity contribution in [1.82, 2.24) is 15.1 Å². The van der Waals surface area contributed by atoms with Crippen LogP contribution in [0.3, 0.4) is 0 Å². The predicted molar refractivity (Wildman–Crippen MR) is 153 cm³/mol. The highest BCUT2D eigenvalue weighted by molar-refractivity contribution is 9.10. The number of carbonyl (C=O) groups excluding carboxylic acids is 2. The van der Waals surface area contributed by atoms with Crippen molar-refractivity contribution >= 4 is 50.9 Å². The normalized spacial score (nSPS) is 13.4. The van der Waals surface area contributed by atoms with E-state index in [0.29, 0.717) is 29.9 Å². The summed E-state index contributed by atoms with van der Waals surface area (Å²) < 4.78 is 6.63. The van der Waals surface area contributed by atoms with Crippen molar-refractivity contribution in [3.8, 4) is 11.5 Å². The number of anilines is 2. The molecule has 0 aliphatic carbocycles. The number of hydrogen-bond donors (Lipinski definition) is 1. The minimum absolute atomic E-state index is 0.0747. The second-order valence-corrected chi connectivity index (χ2v) is 10.8. The van der Waals surface area contributed by atoms with Crippen molar-refractivity contribution < 1.29 is 14.0 Å². The quantitative estimate of drug-likeness (QED) is 0.284. The van der Waals surface area contributed by atoms with Gasteiger partial charge in [-0.05, 0) is 67.6 Å². The van der Waals surface area contributed by atoms with Crippen LogP contribution in [0.25, 0.3) is 11.5 Å². The van der Waals surface area contributed by atoms with E-state index in [1.807, 2.05) is 84.6 Å². The summed E-state index contributed by atoms with van der Waals surface area (Å²) in [6, 6.07) is 23.0.